The first-order valence-corrected chi connectivity index (χ1v) is 10.5. The van der Waals surface area contributed by atoms with E-state index in [4.69, 9.17) is 4.74 Å². The van der Waals surface area contributed by atoms with Gasteiger partial charge in [-0.2, -0.15) is 0 Å². The quantitative estimate of drug-likeness (QED) is 0.326. The second-order valence-corrected chi connectivity index (χ2v) is 9.52. The predicted octanol–water partition coefficient (Wildman–Crippen LogP) is 3.94. The van der Waals surface area contributed by atoms with Gasteiger partial charge in [0.15, 0.2) is 17.5 Å². The van der Waals surface area contributed by atoms with E-state index >= 15 is 0 Å². The number of ether oxygens (including phenoxy) is 1. The summed E-state index contributed by atoms with van der Waals surface area (Å²) in [6, 6.07) is 2.12. The van der Waals surface area contributed by atoms with Crippen molar-refractivity contribution < 1.29 is 39.9 Å². The van der Waals surface area contributed by atoms with Crippen LogP contribution in [0.15, 0.2) is 24.3 Å². The molecule has 0 spiro atoms. The van der Waals surface area contributed by atoms with Crippen molar-refractivity contribution in [3.8, 4) is 5.75 Å². The Labute approximate surface area is 176 Å². The Balaban J connectivity index is 2.54. The maximum Gasteiger partial charge on any atom is 0.409 e. The predicted molar refractivity (Wildman–Crippen MR) is 99.7 cm³/mol. The first kappa shape index (κ1) is 23.1. The van der Waals surface area contributed by atoms with Gasteiger partial charge in [0.05, 0.1) is 7.11 Å². The molecule has 0 saturated carbocycles. The summed E-state index contributed by atoms with van der Waals surface area (Å²) in [4.78, 5) is 0. The molecule has 0 bridgehead atoms. The highest BCUT2D eigenvalue weighted by atomic mass is 27.2. The molecule has 0 unspecified atom stereocenters. The first-order valence-electron chi connectivity index (χ1n) is 8.80. The number of halogens is 8. The number of hydrogen-bond donors (Lipinski definition) is 0. The van der Waals surface area contributed by atoms with Crippen molar-refractivity contribution in [3.63, 3.8) is 0 Å². The highest BCUT2D eigenvalue weighted by Gasteiger charge is 2.41. The monoisotopic (exact) mass is 460 g/mol. The van der Waals surface area contributed by atoms with E-state index in [1.54, 1.807) is 0 Å². The summed E-state index contributed by atoms with van der Waals surface area (Å²) in [7, 11) is 0.941. The van der Waals surface area contributed by atoms with Gasteiger partial charge in [-0.25, -0.2) is 35.1 Å². The molecule has 0 fully saturated rings. The maximum atomic E-state index is 14.9. The molecule has 0 aliphatic carbocycles. The minimum Gasteiger partial charge on any atom is -0.495 e. The molecule has 0 N–H and O–H groups in total. The lowest BCUT2D eigenvalue weighted by Gasteiger charge is -2.21. The molecule has 0 atom stereocenters. The molecule has 0 aromatic heterocycles. The Hall–Kier alpha value is -2.57. The third-order valence-electron chi connectivity index (χ3n) is 4.88. The largest absolute Gasteiger partial charge is 0.495 e. The zero-order chi connectivity index (χ0) is 23.2. The normalized spacial score (nSPS) is 11.1. The van der Waals surface area contributed by atoms with Crippen LogP contribution in [0.2, 0.25) is 0 Å². The third-order valence-corrected chi connectivity index (χ3v) is 8.15. The van der Waals surface area contributed by atoms with E-state index in [0.29, 0.717) is 24.3 Å². The van der Waals surface area contributed by atoms with Crippen LogP contribution in [0, 0.1) is 60.4 Å². The van der Waals surface area contributed by atoms with Crippen molar-refractivity contribution in [2.75, 3.05) is 7.11 Å². The van der Waals surface area contributed by atoms with Gasteiger partial charge in [-0.3, -0.25) is 0 Å². The molecule has 0 radical (unpaired) electrons. The zero-order valence-electron chi connectivity index (χ0n) is 16.3. The van der Waals surface area contributed by atoms with Gasteiger partial charge >= 0.3 is 14.1 Å². The van der Waals surface area contributed by atoms with E-state index in [2.05, 4.69) is 0 Å². The molecule has 3 aromatic rings. The Morgan fingerprint density at radius 3 is 1.48 bits per heavy atom. The Bertz CT molecular complexity index is 1130. The molecule has 3 aromatic carbocycles. The second-order valence-electron chi connectivity index (χ2n) is 6.88. The summed E-state index contributed by atoms with van der Waals surface area (Å²) < 4.78 is 118. The summed E-state index contributed by atoms with van der Waals surface area (Å²) in [6.07, 6.45) is 0. The summed E-state index contributed by atoms with van der Waals surface area (Å²) in [5, 5.41) is 0. The molecule has 10 heteroatoms. The number of benzene rings is 3. The van der Waals surface area contributed by atoms with E-state index in [-0.39, 0.29) is 0 Å². The van der Waals surface area contributed by atoms with Gasteiger partial charge in [0.2, 0.25) is 0 Å². The highest BCUT2D eigenvalue weighted by Crippen LogP contribution is 2.21. The van der Waals surface area contributed by atoms with E-state index in [0.717, 1.165) is 21.0 Å². The third kappa shape index (κ3) is 3.90. The molecular formula is C21H13AlF8O. The van der Waals surface area contributed by atoms with Gasteiger partial charge in [-0.1, -0.05) is 4.43 Å². The van der Waals surface area contributed by atoms with Crippen LogP contribution in [-0.2, 0) is 0 Å². The minimum atomic E-state index is -4.26. The van der Waals surface area contributed by atoms with Crippen LogP contribution in [-0.4, -0.2) is 21.3 Å². The number of rotatable bonds is 4. The topological polar surface area (TPSA) is 9.23 Å². The van der Waals surface area contributed by atoms with Gasteiger partial charge in [0.25, 0.3) is 0 Å². The standard InChI is InChI=1S/2C7H4F3.C7H5F2O.Al/c2*1-4-2-5(8)3-6(9)7(4)10;1-10-7-3-2-5(8)4-6(7)9;/h2*2H,1H3;2,4H,1H3;. The lowest BCUT2D eigenvalue weighted by Crippen LogP contribution is -2.58. The maximum absolute atomic E-state index is 14.9. The van der Waals surface area contributed by atoms with E-state index in [9.17, 15) is 35.1 Å². The van der Waals surface area contributed by atoms with Crippen LogP contribution in [0.1, 0.15) is 11.1 Å². The molecule has 0 amide bonds. The van der Waals surface area contributed by atoms with Crippen LogP contribution in [0.25, 0.3) is 0 Å². The number of methoxy groups -OCH3 is 1. The minimum absolute atomic E-state index is 0.388. The van der Waals surface area contributed by atoms with Crippen molar-refractivity contribution in [3.05, 3.63) is 81.9 Å². The molecule has 0 aliphatic heterocycles. The van der Waals surface area contributed by atoms with E-state index in [1.807, 2.05) is 0 Å². The summed E-state index contributed by atoms with van der Waals surface area (Å²) in [5.74, 6) is -12.7. The molecule has 0 aliphatic rings. The van der Waals surface area contributed by atoms with Gasteiger partial charge in [0, 0.05) is 6.07 Å². The average molecular weight is 460 g/mol. The SMILES string of the molecule is COc1c(F)cc(F)c[c]1[Al]([c]1c(F)cc(C)c(F)c1F)[c]1c(F)cc(C)c(F)c1F. The summed E-state index contributed by atoms with van der Waals surface area (Å²) in [6.45, 7) is 2.11. The van der Waals surface area contributed by atoms with Gasteiger partial charge in [0.1, 0.15) is 34.8 Å². The van der Waals surface area contributed by atoms with E-state index in [1.165, 1.54) is 0 Å². The molecule has 1 nitrogen and oxygen atoms in total. The zero-order valence-corrected chi connectivity index (χ0v) is 17.5. The molecular weight excluding hydrogens is 447 g/mol. The first-order chi connectivity index (χ1) is 14.5. The Kier molecular flexibility index (Phi) is 6.35. The van der Waals surface area contributed by atoms with Crippen LogP contribution in [0.5, 0.6) is 5.75 Å². The van der Waals surface area contributed by atoms with Crippen molar-refractivity contribution in [2.24, 2.45) is 0 Å². The van der Waals surface area contributed by atoms with Gasteiger partial charge < -0.3 is 4.74 Å². The molecule has 162 valence electrons. The molecule has 0 saturated heterocycles. The summed E-state index contributed by atoms with van der Waals surface area (Å²) in [5.41, 5.74) is -0.889. The Morgan fingerprint density at radius 1 is 0.613 bits per heavy atom. The van der Waals surface area contributed by atoms with Crippen LogP contribution in [0.3, 0.4) is 0 Å². The van der Waals surface area contributed by atoms with Gasteiger partial charge in [-0.05, 0) is 52.0 Å². The molecule has 3 rings (SSSR count). The van der Waals surface area contributed by atoms with E-state index < -0.39 is 90.8 Å². The van der Waals surface area contributed by atoms with Crippen molar-refractivity contribution in [2.45, 2.75) is 13.8 Å². The van der Waals surface area contributed by atoms with Crippen LogP contribution < -0.4 is 18.0 Å². The van der Waals surface area contributed by atoms with Crippen LogP contribution in [0.4, 0.5) is 35.1 Å². The summed E-state index contributed by atoms with van der Waals surface area (Å²) >= 11 is -4.26. The van der Waals surface area contributed by atoms with Crippen LogP contribution >= 0.6 is 0 Å². The molecule has 0 heterocycles. The average Bonchev–Trinajstić information content (AvgIpc) is 2.68. The lowest BCUT2D eigenvalue weighted by atomic mass is 10.2. The molecule has 31 heavy (non-hydrogen) atoms. The number of aryl methyl sites for hydroxylation is 2. The van der Waals surface area contributed by atoms with Gasteiger partial charge in [-0.15, -0.1) is 0 Å². The van der Waals surface area contributed by atoms with Crippen molar-refractivity contribution in [1.29, 1.82) is 0 Å². The highest BCUT2D eigenvalue weighted by molar-refractivity contribution is 6.96. The Morgan fingerprint density at radius 2 is 1.06 bits per heavy atom. The van der Waals surface area contributed by atoms with Crippen molar-refractivity contribution >= 4 is 27.4 Å². The van der Waals surface area contributed by atoms with Crippen molar-refractivity contribution in [1.82, 2.24) is 0 Å². The number of hydrogen-bond acceptors (Lipinski definition) is 1. The fourth-order valence-electron chi connectivity index (χ4n) is 3.45. The fourth-order valence-corrected chi connectivity index (χ4v) is 6.68. The smallest absolute Gasteiger partial charge is 0.409 e. The lowest BCUT2D eigenvalue weighted by molar-refractivity contribution is 0.387. The second kappa shape index (κ2) is 8.52. The fraction of sp³-hybridized carbons (Fsp3) is 0.143.